The number of benzene rings is 1. The van der Waals surface area contributed by atoms with Gasteiger partial charge in [0, 0.05) is 11.6 Å². The van der Waals surface area contributed by atoms with Crippen LogP contribution in [0.15, 0.2) is 18.2 Å². The maximum absolute atomic E-state index is 6.01. The first-order chi connectivity index (χ1) is 7.13. The van der Waals surface area contributed by atoms with E-state index >= 15 is 0 Å². The monoisotopic (exact) mass is 246 g/mol. The molecule has 1 rings (SSSR count). The normalized spacial score (nSPS) is 12.5. The fourth-order valence-corrected chi connectivity index (χ4v) is 1.66. The minimum atomic E-state index is 0.532. The van der Waals surface area contributed by atoms with Crippen LogP contribution >= 0.6 is 23.2 Å². The van der Waals surface area contributed by atoms with Crippen LogP contribution in [0.25, 0.3) is 0 Å². The molecule has 0 saturated carbocycles. The molecule has 0 aliphatic heterocycles. The van der Waals surface area contributed by atoms with Crippen molar-refractivity contribution < 1.29 is 0 Å². The molecule has 1 unspecified atom stereocenters. The Balaban J connectivity index is 2.53. The van der Waals surface area contributed by atoms with Gasteiger partial charge < -0.3 is 11.1 Å². The Hall–Kier alpha value is -0.440. The number of halogens is 2. The van der Waals surface area contributed by atoms with Crippen molar-refractivity contribution in [1.29, 1.82) is 0 Å². The minimum absolute atomic E-state index is 0.532. The fourth-order valence-electron chi connectivity index (χ4n) is 1.30. The highest BCUT2D eigenvalue weighted by molar-refractivity contribution is 6.35. The first kappa shape index (κ1) is 12.6. The van der Waals surface area contributed by atoms with Crippen LogP contribution in [0, 0.1) is 5.92 Å². The minimum Gasteiger partial charge on any atom is -0.384 e. The van der Waals surface area contributed by atoms with Crippen molar-refractivity contribution in [2.24, 2.45) is 11.7 Å². The van der Waals surface area contributed by atoms with Gasteiger partial charge >= 0.3 is 0 Å². The second kappa shape index (κ2) is 6.21. The van der Waals surface area contributed by atoms with Crippen molar-refractivity contribution in [2.75, 3.05) is 18.4 Å². The molecule has 0 radical (unpaired) electrons. The Bertz CT molecular complexity index is 315. The Kier molecular flexibility index (Phi) is 5.23. The molecule has 0 saturated heterocycles. The predicted molar refractivity (Wildman–Crippen MR) is 67.8 cm³/mol. The van der Waals surface area contributed by atoms with Gasteiger partial charge in [0.05, 0.1) is 10.7 Å². The molecule has 1 aromatic carbocycles. The number of nitrogens with two attached hydrogens (primary N) is 1. The van der Waals surface area contributed by atoms with Crippen LogP contribution in [0.2, 0.25) is 10.0 Å². The molecule has 1 atom stereocenters. The van der Waals surface area contributed by atoms with Crippen LogP contribution in [0.5, 0.6) is 0 Å². The molecular weight excluding hydrogens is 231 g/mol. The highest BCUT2D eigenvalue weighted by atomic mass is 35.5. The van der Waals surface area contributed by atoms with E-state index in [1.54, 1.807) is 12.1 Å². The van der Waals surface area contributed by atoms with E-state index in [9.17, 15) is 0 Å². The first-order valence-electron chi connectivity index (χ1n) is 5.02. The molecule has 0 fully saturated rings. The molecule has 0 aliphatic carbocycles. The summed E-state index contributed by atoms with van der Waals surface area (Å²) in [4.78, 5) is 0. The van der Waals surface area contributed by atoms with Crippen LogP contribution in [0.4, 0.5) is 5.69 Å². The quantitative estimate of drug-likeness (QED) is 0.836. The summed E-state index contributed by atoms with van der Waals surface area (Å²) in [5.41, 5.74) is 6.36. The zero-order valence-electron chi connectivity index (χ0n) is 8.76. The average molecular weight is 247 g/mol. The second-order valence-corrected chi connectivity index (χ2v) is 4.53. The topological polar surface area (TPSA) is 38.0 Å². The molecule has 0 amide bonds. The second-order valence-electron chi connectivity index (χ2n) is 3.69. The molecule has 0 spiro atoms. The number of hydrogen-bond acceptors (Lipinski definition) is 2. The molecule has 0 aliphatic rings. The van der Waals surface area contributed by atoms with Gasteiger partial charge in [-0.3, -0.25) is 0 Å². The van der Waals surface area contributed by atoms with Crippen LogP contribution < -0.4 is 11.1 Å². The van der Waals surface area contributed by atoms with E-state index in [4.69, 9.17) is 28.9 Å². The Morgan fingerprint density at radius 3 is 2.80 bits per heavy atom. The summed E-state index contributed by atoms with van der Waals surface area (Å²) in [6.45, 7) is 3.72. The van der Waals surface area contributed by atoms with Crippen molar-refractivity contribution in [1.82, 2.24) is 0 Å². The molecule has 84 valence electrons. The van der Waals surface area contributed by atoms with Gasteiger partial charge in [-0.15, -0.1) is 0 Å². The average Bonchev–Trinajstić information content (AvgIpc) is 2.20. The molecule has 3 N–H and O–H groups in total. The van der Waals surface area contributed by atoms with Gasteiger partial charge in [0.2, 0.25) is 0 Å². The molecule has 1 aromatic rings. The van der Waals surface area contributed by atoms with Crippen LogP contribution in [0.3, 0.4) is 0 Å². The molecule has 0 aromatic heterocycles. The highest BCUT2D eigenvalue weighted by Crippen LogP contribution is 2.25. The molecule has 15 heavy (non-hydrogen) atoms. The largest absolute Gasteiger partial charge is 0.384 e. The molecule has 2 nitrogen and oxygen atoms in total. The number of anilines is 1. The maximum Gasteiger partial charge on any atom is 0.0638 e. The summed E-state index contributed by atoms with van der Waals surface area (Å²) >= 11 is 11.9. The summed E-state index contributed by atoms with van der Waals surface area (Å²) in [7, 11) is 0. The maximum atomic E-state index is 6.01. The lowest BCUT2D eigenvalue weighted by Gasteiger charge is -2.13. The van der Waals surface area contributed by atoms with E-state index in [0.29, 0.717) is 22.5 Å². The summed E-state index contributed by atoms with van der Waals surface area (Å²) < 4.78 is 0. The van der Waals surface area contributed by atoms with Crippen molar-refractivity contribution >= 4 is 28.9 Å². The summed E-state index contributed by atoms with van der Waals surface area (Å²) in [6.07, 6.45) is 1.01. The van der Waals surface area contributed by atoms with Crippen molar-refractivity contribution in [3.8, 4) is 0 Å². The van der Waals surface area contributed by atoms with Gasteiger partial charge in [-0.2, -0.15) is 0 Å². The van der Waals surface area contributed by atoms with E-state index in [2.05, 4.69) is 12.2 Å². The van der Waals surface area contributed by atoms with Crippen LogP contribution in [0.1, 0.15) is 13.3 Å². The van der Waals surface area contributed by atoms with Gasteiger partial charge in [0.1, 0.15) is 0 Å². The van der Waals surface area contributed by atoms with Crippen molar-refractivity contribution in [3.63, 3.8) is 0 Å². The van der Waals surface area contributed by atoms with Crippen molar-refractivity contribution in [3.05, 3.63) is 28.2 Å². The zero-order chi connectivity index (χ0) is 11.3. The van der Waals surface area contributed by atoms with E-state index in [-0.39, 0.29) is 0 Å². The summed E-state index contributed by atoms with van der Waals surface area (Å²) in [5.74, 6) is 0.532. The zero-order valence-corrected chi connectivity index (χ0v) is 10.3. The standard InChI is InChI=1S/C11H16Cl2N2/c1-8(4-5-14)7-15-11-6-9(12)2-3-10(11)13/h2-3,6,8,15H,4-5,7,14H2,1H3. The van der Waals surface area contributed by atoms with Gasteiger partial charge in [-0.25, -0.2) is 0 Å². The molecule has 0 bridgehead atoms. The predicted octanol–water partition coefficient (Wildman–Crippen LogP) is 3.39. The van der Waals surface area contributed by atoms with Crippen LogP contribution in [-0.4, -0.2) is 13.1 Å². The first-order valence-corrected chi connectivity index (χ1v) is 5.78. The highest BCUT2D eigenvalue weighted by Gasteiger charge is 2.04. The smallest absolute Gasteiger partial charge is 0.0638 e. The van der Waals surface area contributed by atoms with E-state index in [0.717, 1.165) is 18.7 Å². The Labute approximate surface area is 101 Å². The van der Waals surface area contributed by atoms with E-state index in [1.165, 1.54) is 0 Å². The van der Waals surface area contributed by atoms with E-state index in [1.807, 2.05) is 6.07 Å². The Morgan fingerprint density at radius 2 is 2.13 bits per heavy atom. The van der Waals surface area contributed by atoms with Crippen molar-refractivity contribution in [2.45, 2.75) is 13.3 Å². The number of hydrogen-bond donors (Lipinski definition) is 2. The third-order valence-electron chi connectivity index (χ3n) is 2.23. The lowest BCUT2D eigenvalue weighted by Crippen LogP contribution is -2.15. The number of nitrogens with one attached hydrogen (secondary N) is 1. The molecular formula is C11H16Cl2N2. The molecule has 0 heterocycles. The lowest BCUT2D eigenvalue weighted by atomic mass is 10.1. The lowest BCUT2D eigenvalue weighted by molar-refractivity contribution is 0.568. The van der Waals surface area contributed by atoms with Gasteiger partial charge in [-0.05, 0) is 37.1 Å². The molecule has 4 heteroatoms. The Morgan fingerprint density at radius 1 is 1.40 bits per heavy atom. The van der Waals surface area contributed by atoms with E-state index < -0.39 is 0 Å². The SMILES string of the molecule is CC(CCN)CNc1cc(Cl)ccc1Cl. The van der Waals surface area contributed by atoms with Gasteiger partial charge in [0.25, 0.3) is 0 Å². The third-order valence-corrected chi connectivity index (χ3v) is 2.79. The van der Waals surface area contributed by atoms with Gasteiger partial charge in [-0.1, -0.05) is 30.1 Å². The van der Waals surface area contributed by atoms with Crippen LogP contribution in [-0.2, 0) is 0 Å². The summed E-state index contributed by atoms with van der Waals surface area (Å²) in [5, 5.41) is 4.65. The third kappa shape index (κ3) is 4.29. The fraction of sp³-hybridized carbons (Fsp3) is 0.455. The summed E-state index contributed by atoms with van der Waals surface area (Å²) in [6, 6.07) is 5.40. The number of rotatable bonds is 5. The van der Waals surface area contributed by atoms with Gasteiger partial charge in [0.15, 0.2) is 0 Å².